The minimum Gasteiger partial charge on any atom is -0.475 e. The van der Waals surface area contributed by atoms with Crippen molar-refractivity contribution in [2.24, 2.45) is 5.73 Å². The van der Waals surface area contributed by atoms with Crippen LogP contribution in [0.15, 0.2) is 95.9 Å². The number of rotatable bonds is 8. The number of primary amides is 1. The van der Waals surface area contributed by atoms with Gasteiger partial charge < -0.3 is 15.4 Å². The summed E-state index contributed by atoms with van der Waals surface area (Å²) in [5.74, 6) is -2.07. The summed E-state index contributed by atoms with van der Waals surface area (Å²) in [4.78, 5) is 26.0. The average Bonchev–Trinajstić information content (AvgIpc) is 3.90. The topological polar surface area (TPSA) is 136 Å². The number of hydrogen-bond donors (Lipinski definition) is 2. The van der Waals surface area contributed by atoms with Gasteiger partial charge in [0.25, 0.3) is 0 Å². The lowest BCUT2D eigenvalue weighted by molar-refractivity contribution is -0.192. The number of alkyl halides is 3. The number of imidazole rings is 1. The van der Waals surface area contributed by atoms with Crippen LogP contribution in [0.3, 0.4) is 0 Å². The van der Waals surface area contributed by atoms with Gasteiger partial charge in [-0.3, -0.25) is 4.79 Å². The van der Waals surface area contributed by atoms with Crippen molar-refractivity contribution in [2.75, 3.05) is 13.1 Å². The summed E-state index contributed by atoms with van der Waals surface area (Å²) < 4.78 is 62.8. The molecule has 2 aliphatic rings. The third-order valence-electron chi connectivity index (χ3n) is 9.22. The molecule has 1 aliphatic heterocycles. The Morgan fingerprint density at radius 1 is 0.827 bits per heavy atom. The second-order valence-electron chi connectivity index (χ2n) is 12.7. The van der Waals surface area contributed by atoms with Gasteiger partial charge in [0, 0.05) is 41.0 Å². The maximum atomic E-state index is 13.6. The summed E-state index contributed by atoms with van der Waals surface area (Å²) in [6.07, 6.45) is -1.62. The van der Waals surface area contributed by atoms with Gasteiger partial charge in [-0.25, -0.2) is 18.2 Å². The molecular formula is C37H33Cl2F3N4O5S. The molecule has 0 spiro atoms. The minimum atomic E-state index is -5.08. The normalized spacial score (nSPS) is 15.7. The zero-order valence-electron chi connectivity index (χ0n) is 27.4. The molecule has 5 aromatic rings. The molecule has 1 aliphatic carbocycles. The first-order valence-corrected chi connectivity index (χ1v) is 18.6. The monoisotopic (exact) mass is 772 g/mol. The summed E-state index contributed by atoms with van der Waals surface area (Å²) in [5, 5.41) is 8.49. The number of benzene rings is 4. The third kappa shape index (κ3) is 7.97. The number of aliphatic carboxylic acids is 1. The van der Waals surface area contributed by atoms with E-state index in [1.54, 1.807) is 12.1 Å². The largest absolute Gasteiger partial charge is 0.490 e. The van der Waals surface area contributed by atoms with Crippen molar-refractivity contribution in [3.05, 3.63) is 129 Å². The number of aromatic nitrogens is 2. The maximum Gasteiger partial charge on any atom is 0.490 e. The lowest BCUT2D eigenvalue weighted by Gasteiger charge is -2.33. The van der Waals surface area contributed by atoms with Crippen molar-refractivity contribution in [3.63, 3.8) is 0 Å². The molecule has 1 saturated heterocycles. The quantitative estimate of drug-likeness (QED) is 0.153. The molecule has 1 saturated carbocycles. The lowest BCUT2D eigenvalue weighted by Crippen LogP contribution is -2.40. The Labute approximate surface area is 307 Å². The van der Waals surface area contributed by atoms with Crippen molar-refractivity contribution in [1.29, 1.82) is 0 Å². The zero-order valence-corrected chi connectivity index (χ0v) is 29.8. The highest BCUT2D eigenvalue weighted by atomic mass is 35.5. The van der Waals surface area contributed by atoms with E-state index in [9.17, 15) is 26.4 Å². The molecular weight excluding hydrogens is 740 g/mol. The van der Waals surface area contributed by atoms with Gasteiger partial charge in [-0.2, -0.15) is 17.5 Å². The number of nitrogens with two attached hydrogens (primary N) is 1. The fourth-order valence-electron chi connectivity index (χ4n) is 6.58. The van der Waals surface area contributed by atoms with Crippen molar-refractivity contribution in [3.8, 4) is 0 Å². The molecule has 2 heterocycles. The Bertz CT molecular complexity index is 2170. The van der Waals surface area contributed by atoms with E-state index in [1.165, 1.54) is 16.4 Å². The minimum absolute atomic E-state index is 0.0136. The molecule has 2 fully saturated rings. The number of amides is 1. The van der Waals surface area contributed by atoms with Crippen LogP contribution in [0.4, 0.5) is 13.2 Å². The number of fused-ring (bicyclic) bond motifs is 1. The summed E-state index contributed by atoms with van der Waals surface area (Å²) in [7, 11) is -3.88. The number of nitrogens with zero attached hydrogens (tertiary/aromatic N) is 3. The van der Waals surface area contributed by atoms with Crippen molar-refractivity contribution >= 4 is 56.1 Å². The van der Waals surface area contributed by atoms with Crippen LogP contribution >= 0.6 is 23.2 Å². The third-order valence-corrected chi connectivity index (χ3v) is 11.7. The van der Waals surface area contributed by atoms with Crippen LogP contribution in [0.25, 0.3) is 11.0 Å². The average molecular weight is 774 g/mol. The first-order chi connectivity index (χ1) is 24.6. The number of carbonyl (C=O) groups is 2. The van der Waals surface area contributed by atoms with Gasteiger partial charge in [-0.15, -0.1) is 0 Å². The molecule has 52 heavy (non-hydrogen) atoms. The molecule has 0 atom stereocenters. The van der Waals surface area contributed by atoms with E-state index in [4.69, 9.17) is 43.8 Å². The molecule has 15 heteroatoms. The number of sulfonamides is 1. The summed E-state index contributed by atoms with van der Waals surface area (Å²) in [6, 6.07) is 28.6. The zero-order chi connectivity index (χ0) is 37.4. The molecule has 1 amide bonds. The van der Waals surface area contributed by atoms with Gasteiger partial charge in [0.05, 0.1) is 21.5 Å². The van der Waals surface area contributed by atoms with Crippen LogP contribution in [-0.4, -0.2) is 58.5 Å². The molecule has 4 aromatic carbocycles. The van der Waals surface area contributed by atoms with E-state index in [2.05, 4.69) is 47.0 Å². The number of carboxylic acids is 1. The van der Waals surface area contributed by atoms with Gasteiger partial charge in [0.2, 0.25) is 15.9 Å². The molecule has 0 bridgehead atoms. The van der Waals surface area contributed by atoms with E-state index in [0.717, 1.165) is 46.4 Å². The predicted molar refractivity (Wildman–Crippen MR) is 191 cm³/mol. The Hall–Kier alpha value is -4.43. The second kappa shape index (κ2) is 14.9. The van der Waals surface area contributed by atoms with Crippen LogP contribution in [0, 0.1) is 0 Å². The van der Waals surface area contributed by atoms with Crippen LogP contribution < -0.4 is 5.73 Å². The number of hydrogen-bond acceptors (Lipinski definition) is 5. The van der Waals surface area contributed by atoms with E-state index >= 15 is 0 Å². The van der Waals surface area contributed by atoms with E-state index in [-0.39, 0.29) is 22.4 Å². The summed E-state index contributed by atoms with van der Waals surface area (Å²) in [5.41, 5.74) is 10.9. The van der Waals surface area contributed by atoms with E-state index in [1.807, 2.05) is 24.3 Å². The number of carbonyl (C=O) groups excluding carboxylic acids is 1. The second-order valence-corrected chi connectivity index (χ2v) is 15.5. The highest BCUT2D eigenvalue weighted by molar-refractivity contribution is 7.89. The molecule has 272 valence electrons. The van der Waals surface area contributed by atoms with Crippen LogP contribution in [0.1, 0.15) is 76.4 Å². The van der Waals surface area contributed by atoms with E-state index in [0.29, 0.717) is 41.9 Å². The standard InChI is InChI=1S/C35H32Cl2N4O3S.C2HF3O2/c36-26-12-7-22(8-13-26)33(23-9-14-27(37)15-10-23)25-11-16-30-31(21-25)41(35(39-30)24-5-6-24)28-17-19-40(20-18-28)45(43,44)32-4-2-1-3-29(32)34(38)42;3-2(4,5)1(6)7/h1-4,7-16,21,24,28,33H,5-6,17-20H2,(H2,38,42);(H,6,7). The van der Waals surface area contributed by atoms with E-state index < -0.39 is 28.1 Å². The Kier molecular flexibility index (Phi) is 10.7. The number of carboxylic acid groups (broad SMARTS) is 1. The van der Waals surface area contributed by atoms with Gasteiger partial charge in [-0.1, -0.05) is 65.7 Å². The molecule has 7 rings (SSSR count). The SMILES string of the molecule is NC(=O)c1ccccc1S(=O)(=O)N1CCC(n2c(C3CC3)nc3ccc(C(c4ccc(Cl)cc4)c4ccc(Cl)cc4)cc32)CC1.O=C(O)C(F)(F)F. The number of piperidine rings is 1. The smallest absolute Gasteiger partial charge is 0.475 e. The van der Waals surface area contributed by atoms with Gasteiger partial charge in [0.15, 0.2) is 0 Å². The summed E-state index contributed by atoms with van der Waals surface area (Å²) in [6.45, 7) is 0.670. The van der Waals surface area contributed by atoms with Crippen LogP contribution in [0.5, 0.6) is 0 Å². The first-order valence-electron chi connectivity index (χ1n) is 16.4. The molecule has 0 unspecified atom stereocenters. The fourth-order valence-corrected chi connectivity index (χ4v) is 8.50. The molecule has 9 nitrogen and oxygen atoms in total. The van der Waals surface area contributed by atoms with Crippen molar-refractivity contribution in [1.82, 2.24) is 13.9 Å². The Morgan fingerprint density at radius 2 is 1.35 bits per heavy atom. The highest BCUT2D eigenvalue weighted by Gasteiger charge is 2.38. The molecule has 0 radical (unpaired) electrons. The lowest BCUT2D eigenvalue weighted by atomic mass is 9.85. The van der Waals surface area contributed by atoms with Gasteiger partial charge in [0.1, 0.15) is 5.82 Å². The number of halogens is 5. The first kappa shape index (κ1) is 37.3. The highest BCUT2D eigenvalue weighted by Crippen LogP contribution is 2.44. The summed E-state index contributed by atoms with van der Waals surface area (Å²) >= 11 is 12.5. The van der Waals surface area contributed by atoms with Gasteiger partial charge >= 0.3 is 12.1 Å². The molecule has 1 aromatic heterocycles. The van der Waals surface area contributed by atoms with Crippen LogP contribution in [0.2, 0.25) is 10.0 Å². The fraction of sp³-hybridized carbons (Fsp3) is 0.270. The van der Waals surface area contributed by atoms with Gasteiger partial charge in [-0.05, 0) is 90.9 Å². The van der Waals surface area contributed by atoms with Crippen molar-refractivity contribution < 1.29 is 36.3 Å². The predicted octanol–water partition coefficient (Wildman–Crippen LogP) is 8.16. The Morgan fingerprint density at radius 3 is 1.85 bits per heavy atom. The maximum absolute atomic E-state index is 13.6. The van der Waals surface area contributed by atoms with Crippen molar-refractivity contribution in [2.45, 2.75) is 54.6 Å². The molecule has 3 N–H and O–H groups in total. The Balaban J connectivity index is 0.000000604. The van der Waals surface area contributed by atoms with Crippen LogP contribution in [-0.2, 0) is 14.8 Å².